The van der Waals surface area contributed by atoms with Crippen molar-refractivity contribution >= 4 is 17.6 Å². The van der Waals surface area contributed by atoms with E-state index >= 15 is 0 Å². The molecule has 7 nitrogen and oxygen atoms in total. The SMILES string of the molecule is Cc1ccc(Nc2nc(N)nc(-n3ccnc3)n2)c(C)c1. The summed E-state index contributed by atoms with van der Waals surface area (Å²) in [6.45, 7) is 4.07. The summed E-state index contributed by atoms with van der Waals surface area (Å²) >= 11 is 0. The minimum atomic E-state index is 0.154. The van der Waals surface area contributed by atoms with Crippen molar-refractivity contribution in [3.63, 3.8) is 0 Å². The Kier molecular flexibility index (Phi) is 3.23. The molecule has 2 aromatic heterocycles. The van der Waals surface area contributed by atoms with E-state index in [4.69, 9.17) is 5.73 Å². The van der Waals surface area contributed by atoms with Crippen LogP contribution < -0.4 is 11.1 Å². The third-order valence-corrected chi connectivity index (χ3v) is 3.00. The number of aromatic nitrogens is 5. The topological polar surface area (TPSA) is 94.5 Å². The third-order valence-electron chi connectivity index (χ3n) is 3.00. The van der Waals surface area contributed by atoms with Crippen LogP contribution in [0.15, 0.2) is 36.9 Å². The summed E-state index contributed by atoms with van der Waals surface area (Å²) in [5, 5.41) is 3.17. The minimum absolute atomic E-state index is 0.154. The summed E-state index contributed by atoms with van der Waals surface area (Å²) < 4.78 is 1.67. The van der Waals surface area contributed by atoms with Gasteiger partial charge in [-0.1, -0.05) is 17.7 Å². The predicted octanol–water partition coefficient (Wildman–Crippen LogP) is 2.00. The summed E-state index contributed by atoms with van der Waals surface area (Å²) in [6.07, 6.45) is 5.00. The molecule has 0 unspecified atom stereocenters. The molecule has 3 rings (SSSR count). The van der Waals surface area contributed by atoms with Gasteiger partial charge in [0, 0.05) is 18.1 Å². The summed E-state index contributed by atoms with van der Waals surface area (Å²) in [7, 11) is 0. The molecule has 106 valence electrons. The molecule has 0 saturated carbocycles. The highest BCUT2D eigenvalue weighted by molar-refractivity contribution is 5.59. The molecule has 0 aliphatic carbocycles. The standard InChI is InChI=1S/C14H15N7/c1-9-3-4-11(10(2)7-9)17-13-18-12(15)19-14(20-13)21-6-5-16-8-21/h3-8H,1-2H3,(H3,15,17,18,19,20). The molecular weight excluding hydrogens is 266 g/mol. The van der Waals surface area contributed by atoms with Gasteiger partial charge in [-0.25, -0.2) is 4.98 Å². The van der Waals surface area contributed by atoms with Crippen molar-refractivity contribution in [2.75, 3.05) is 11.1 Å². The van der Waals surface area contributed by atoms with Crippen LogP contribution in [0.4, 0.5) is 17.6 Å². The molecule has 0 aliphatic rings. The fourth-order valence-corrected chi connectivity index (χ4v) is 2.00. The van der Waals surface area contributed by atoms with Crippen LogP contribution in [0.2, 0.25) is 0 Å². The number of nitrogens with two attached hydrogens (primary N) is 1. The molecular formula is C14H15N7. The first-order chi connectivity index (χ1) is 10.1. The van der Waals surface area contributed by atoms with E-state index in [9.17, 15) is 0 Å². The normalized spacial score (nSPS) is 10.6. The van der Waals surface area contributed by atoms with Crippen LogP contribution in [0, 0.1) is 13.8 Å². The highest BCUT2D eigenvalue weighted by Crippen LogP contribution is 2.20. The summed E-state index contributed by atoms with van der Waals surface area (Å²) in [6, 6.07) is 6.10. The number of benzene rings is 1. The van der Waals surface area contributed by atoms with Crippen molar-refractivity contribution in [1.29, 1.82) is 0 Å². The zero-order valence-corrected chi connectivity index (χ0v) is 11.8. The quantitative estimate of drug-likeness (QED) is 0.762. The molecule has 0 bridgehead atoms. The van der Waals surface area contributed by atoms with Gasteiger partial charge in [-0.05, 0) is 25.5 Å². The van der Waals surface area contributed by atoms with E-state index in [1.54, 1.807) is 23.3 Å². The first-order valence-corrected chi connectivity index (χ1v) is 6.46. The molecule has 21 heavy (non-hydrogen) atoms. The molecule has 0 spiro atoms. The molecule has 0 radical (unpaired) electrons. The number of imidazole rings is 1. The highest BCUT2D eigenvalue weighted by atomic mass is 15.3. The molecule has 0 fully saturated rings. The van der Waals surface area contributed by atoms with Crippen LogP contribution >= 0.6 is 0 Å². The van der Waals surface area contributed by atoms with Crippen molar-refractivity contribution < 1.29 is 0 Å². The molecule has 0 aliphatic heterocycles. The Balaban J connectivity index is 1.95. The van der Waals surface area contributed by atoms with Crippen LogP contribution in [-0.2, 0) is 0 Å². The van der Waals surface area contributed by atoms with Gasteiger partial charge in [-0.2, -0.15) is 15.0 Å². The summed E-state index contributed by atoms with van der Waals surface area (Å²) in [5.74, 6) is 0.978. The van der Waals surface area contributed by atoms with Gasteiger partial charge in [0.2, 0.25) is 17.8 Å². The Morgan fingerprint density at radius 1 is 1.14 bits per heavy atom. The number of hydrogen-bond donors (Lipinski definition) is 2. The Labute approximate surface area is 121 Å². The summed E-state index contributed by atoms with van der Waals surface area (Å²) in [5.41, 5.74) is 8.99. The number of aryl methyl sites for hydroxylation is 2. The average Bonchev–Trinajstić information content (AvgIpc) is 2.95. The lowest BCUT2D eigenvalue weighted by Crippen LogP contribution is -2.08. The maximum Gasteiger partial charge on any atom is 0.241 e. The number of nitrogen functional groups attached to an aromatic ring is 1. The lowest BCUT2D eigenvalue weighted by Gasteiger charge is -2.10. The molecule has 7 heteroatoms. The Morgan fingerprint density at radius 3 is 2.71 bits per heavy atom. The minimum Gasteiger partial charge on any atom is -0.368 e. The number of anilines is 3. The van der Waals surface area contributed by atoms with Gasteiger partial charge in [0.05, 0.1) is 0 Å². The van der Waals surface area contributed by atoms with Gasteiger partial charge in [0.1, 0.15) is 6.33 Å². The van der Waals surface area contributed by atoms with E-state index in [1.165, 1.54) is 5.56 Å². The summed E-state index contributed by atoms with van der Waals surface area (Å²) in [4.78, 5) is 16.5. The van der Waals surface area contributed by atoms with E-state index in [0.29, 0.717) is 11.9 Å². The van der Waals surface area contributed by atoms with E-state index < -0.39 is 0 Å². The molecule has 0 saturated heterocycles. The van der Waals surface area contributed by atoms with Crippen LogP contribution in [0.5, 0.6) is 0 Å². The lowest BCUT2D eigenvalue weighted by atomic mass is 10.1. The van der Waals surface area contributed by atoms with Gasteiger partial charge < -0.3 is 11.1 Å². The fraction of sp³-hybridized carbons (Fsp3) is 0.143. The first kappa shape index (κ1) is 13.0. The van der Waals surface area contributed by atoms with Crippen LogP contribution in [-0.4, -0.2) is 24.5 Å². The van der Waals surface area contributed by atoms with Gasteiger partial charge in [-0.3, -0.25) is 4.57 Å². The van der Waals surface area contributed by atoms with Crippen LogP contribution in [0.1, 0.15) is 11.1 Å². The van der Waals surface area contributed by atoms with Crippen molar-refractivity contribution in [3.8, 4) is 5.95 Å². The number of nitrogens with one attached hydrogen (secondary N) is 1. The van der Waals surface area contributed by atoms with E-state index in [0.717, 1.165) is 11.3 Å². The largest absolute Gasteiger partial charge is 0.368 e. The molecule has 0 atom stereocenters. The smallest absolute Gasteiger partial charge is 0.241 e. The van der Waals surface area contributed by atoms with Crippen LogP contribution in [0.25, 0.3) is 5.95 Å². The second-order valence-corrected chi connectivity index (χ2v) is 4.73. The Hall–Kier alpha value is -2.96. The van der Waals surface area contributed by atoms with E-state index in [1.807, 2.05) is 19.1 Å². The lowest BCUT2D eigenvalue weighted by molar-refractivity contribution is 0.906. The van der Waals surface area contributed by atoms with Crippen molar-refractivity contribution in [2.24, 2.45) is 0 Å². The Bertz CT molecular complexity index is 765. The van der Waals surface area contributed by atoms with Gasteiger partial charge in [0.15, 0.2) is 0 Å². The van der Waals surface area contributed by atoms with Crippen molar-refractivity contribution in [3.05, 3.63) is 48.0 Å². The zero-order chi connectivity index (χ0) is 14.8. The highest BCUT2D eigenvalue weighted by Gasteiger charge is 2.07. The zero-order valence-electron chi connectivity index (χ0n) is 11.8. The van der Waals surface area contributed by atoms with Crippen molar-refractivity contribution in [2.45, 2.75) is 13.8 Å². The second-order valence-electron chi connectivity index (χ2n) is 4.73. The monoisotopic (exact) mass is 281 g/mol. The van der Waals surface area contributed by atoms with Gasteiger partial charge in [-0.15, -0.1) is 0 Å². The van der Waals surface area contributed by atoms with Gasteiger partial charge >= 0.3 is 0 Å². The fourth-order valence-electron chi connectivity index (χ4n) is 2.00. The van der Waals surface area contributed by atoms with E-state index in [-0.39, 0.29) is 5.95 Å². The molecule has 1 aromatic carbocycles. The second kappa shape index (κ2) is 5.20. The van der Waals surface area contributed by atoms with Crippen LogP contribution in [0.3, 0.4) is 0 Å². The number of hydrogen-bond acceptors (Lipinski definition) is 6. The van der Waals surface area contributed by atoms with Gasteiger partial charge in [0.25, 0.3) is 0 Å². The maximum atomic E-state index is 5.75. The van der Waals surface area contributed by atoms with E-state index in [2.05, 4.69) is 38.2 Å². The predicted molar refractivity (Wildman–Crippen MR) is 80.6 cm³/mol. The molecule has 2 heterocycles. The first-order valence-electron chi connectivity index (χ1n) is 6.46. The molecule has 3 N–H and O–H groups in total. The number of rotatable bonds is 3. The molecule has 0 amide bonds. The van der Waals surface area contributed by atoms with Crippen molar-refractivity contribution in [1.82, 2.24) is 24.5 Å². The maximum absolute atomic E-state index is 5.75. The molecule has 3 aromatic rings. The Morgan fingerprint density at radius 2 is 2.00 bits per heavy atom. The number of nitrogens with zero attached hydrogens (tertiary/aromatic N) is 5. The average molecular weight is 281 g/mol. The third kappa shape index (κ3) is 2.81.